The Morgan fingerprint density at radius 1 is 1.10 bits per heavy atom. The minimum atomic E-state index is -0.291. The van der Waals surface area contributed by atoms with E-state index < -0.39 is 0 Å². The third kappa shape index (κ3) is 3.00. The summed E-state index contributed by atoms with van der Waals surface area (Å²) in [6, 6.07) is 11.3. The summed E-state index contributed by atoms with van der Waals surface area (Å²) < 4.78 is 0. The van der Waals surface area contributed by atoms with E-state index in [-0.39, 0.29) is 6.04 Å². The van der Waals surface area contributed by atoms with E-state index in [9.17, 15) is 0 Å². The van der Waals surface area contributed by atoms with Crippen molar-refractivity contribution in [2.75, 3.05) is 0 Å². The van der Waals surface area contributed by atoms with Crippen molar-refractivity contribution >= 4 is 34.1 Å². The summed E-state index contributed by atoms with van der Waals surface area (Å²) in [7, 11) is 0. The average Bonchev–Trinajstić information content (AvgIpc) is 2.47. The standard InChI is InChI=1S/C16H13Cl2N3/c17-11-8-13(18)16(21-9-11)14(19)7-10-5-6-20-15-4-2-1-3-12(10)15/h1-6,8-9,14H,7,19H2. The van der Waals surface area contributed by atoms with E-state index in [1.54, 1.807) is 18.5 Å². The van der Waals surface area contributed by atoms with Crippen LogP contribution in [0.3, 0.4) is 0 Å². The van der Waals surface area contributed by atoms with Crippen molar-refractivity contribution in [3.8, 4) is 0 Å². The first kappa shape index (κ1) is 14.3. The Kier molecular flexibility index (Phi) is 4.06. The van der Waals surface area contributed by atoms with Gasteiger partial charge in [0.1, 0.15) is 0 Å². The van der Waals surface area contributed by atoms with Gasteiger partial charge in [0.05, 0.1) is 27.3 Å². The highest BCUT2D eigenvalue weighted by Gasteiger charge is 2.14. The van der Waals surface area contributed by atoms with Gasteiger partial charge in [-0.3, -0.25) is 9.97 Å². The molecule has 0 bridgehead atoms. The zero-order chi connectivity index (χ0) is 14.8. The largest absolute Gasteiger partial charge is 0.322 e. The molecule has 0 aliphatic rings. The highest BCUT2D eigenvalue weighted by molar-refractivity contribution is 6.34. The minimum absolute atomic E-state index is 0.291. The van der Waals surface area contributed by atoms with Gasteiger partial charge in [0.2, 0.25) is 0 Å². The van der Waals surface area contributed by atoms with Gasteiger partial charge in [-0.25, -0.2) is 0 Å². The van der Waals surface area contributed by atoms with Crippen molar-refractivity contribution in [2.24, 2.45) is 5.73 Å². The monoisotopic (exact) mass is 317 g/mol. The SMILES string of the molecule is NC(Cc1ccnc2ccccc12)c1ncc(Cl)cc1Cl. The maximum absolute atomic E-state index is 6.26. The van der Waals surface area contributed by atoms with E-state index in [1.807, 2.05) is 30.3 Å². The van der Waals surface area contributed by atoms with Crippen molar-refractivity contribution in [1.82, 2.24) is 9.97 Å². The lowest BCUT2D eigenvalue weighted by molar-refractivity contribution is 0.699. The summed E-state index contributed by atoms with van der Waals surface area (Å²) in [6.45, 7) is 0. The summed E-state index contributed by atoms with van der Waals surface area (Å²) in [5.74, 6) is 0. The van der Waals surface area contributed by atoms with E-state index >= 15 is 0 Å². The summed E-state index contributed by atoms with van der Waals surface area (Å²) in [5.41, 5.74) is 8.99. The number of benzene rings is 1. The van der Waals surface area contributed by atoms with Crippen LogP contribution >= 0.6 is 23.2 Å². The molecule has 3 rings (SSSR count). The van der Waals surface area contributed by atoms with Gasteiger partial charge in [0.15, 0.2) is 0 Å². The summed E-state index contributed by atoms with van der Waals surface area (Å²) in [4.78, 5) is 8.60. The average molecular weight is 318 g/mol. The molecule has 1 unspecified atom stereocenters. The van der Waals surface area contributed by atoms with Gasteiger partial charge in [-0.05, 0) is 30.2 Å². The molecule has 0 radical (unpaired) electrons. The molecule has 0 spiro atoms. The van der Waals surface area contributed by atoms with Crippen LogP contribution in [0.5, 0.6) is 0 Å². The molecule has 0 aliphatic carbocycles. The number of halogens is 2. The fourth-order valence-electron chi connectivity index (χ4n) is 2.36. The molecule has 2 heterocycles. The van der Waals surface area contributed by atoms with Crippen LogP contribution in [-0.4, -0.2) is 9.97 Å². The Bertz CT molecular complexity index is 784. The Labute approximate surface area is 132 Å². The number of hydrogen-bond donors (Lipinski definition) is 1. The van der Waals surface area contributed by atoms with Crippen LogP contribution in [-0.2, 0) is 6.42 Å². The van der Waals surface area contributed by atoms with E-state index in [4.69, 9.17) is 28.9 Å². The van der Waals surface area contributed by atoms with Gasteiger partial charge in [0, 0.05) is 17.8 Å². The highest BCUT2D eigenvalue weighted by Crippen LogP contribution is 2.26. The number of para-hydroxylation sites is 1. The van der Waals surface area contributed by atoms with Crippen molar-refractivity contribution in [3.05, 3.63) is 70.1 Å². The molecule has 0 saturated carbocycles. The van der Waals surface area contributed by atoms with Crippen LogP contribution in [0.4, 0.5) is 0 Å². The van der Waals surface area contributed by atoms with E-state index in [1.165, 1.54) is 0 Å². The predicted octanol–water partition coefficient (Wildman–Crippen LogP) is 4.18. The van der Waals surface area contributed by atoms with Crippen LogP contribution in [0.25, 0.3) is 10.9 Å². The minimum Gasteiger partial charge on any atom is -0.322 e. The first-order valence-electron chi connectivity index (χ1n) is 6.54. The molecule has 0 saturated heterocycles. The second-order valence-electron chi connectivity index (χ2n) is 4.82. The van der Waals surface area contributed by atoms with Gasteiger partial charge >= 0.3 is 0 Å². The lowest BCUT2D eigenvalue weighted by Crippen LogP contribution is -2.15. The van der Waals surface area contributed by atoms with Gasteiger partial charge in [-0.15, -0.1) is 0 Å². The van der Waals surface area contributed by atoms with Crippen LogP contribution in [0.1, 0.15) is 17.3 Å². The number of fused-ring (bicyclic) bond motifs is 1. The van der Waals surface area contributed by atoms with Gasteiger partial charge in [-0.2, -0.15) is 0 Å². The lowest BCUT2D eigenvalue weighted by Gasteiger charge is -2.14. The molecule has 5 heteroatoms. The molecule has 1 aromatic carbocycles. The van der Waals surface area contributed by atoms with E-state index in [2.05, 4.69) is 9.97 Å². The normalized spacial score (nSPS) is 12.5. The summed E-state index contributed by atoms with van der Waals surface area (Å²) >= 11 is 12.0. The Morgan fingerprint density at radius 3 is 2.71 bits per heavy atom. The molecular formula is C16H13Cl2N3. The number of aromatic nitrogens is 2. The zero-order valence-electron chi connectivity index (χ0n) is 11.1. The molecule has 3 aromatic rings. The Morgan fingerprint density at radius 2 is 1.90 bits per heavy atom. The van der Waals surface area contributed by atoms with Crippen molar-refractivity contribution in [2.45, 2.75) is 12.5 Å². The Hall–Kier alpha value is -1.68. The second kappa shape index (κ2) is 5.98. The summed E-state index contributed by atoms with van der Waals surface area (Å²) in [5, 5.41) is 2.10. The number of rotatable bonds is 3. The zero-order valence-corrected chi connectivity index (χ0v) is 12.6. The molecule has 1 atom stereocenters. The third-order valence-corrected chi connectivity index (χ3v) is 3.88. The molecule has 0 amide bonds. The molecule has 0 fully saturated rings. The van der Waals surface area contributed by atoms with Crippen molar-refractivity contribution in [3.63, 3.8) is 0 Å². The number of nitrogens with two attached hydrogens (primary N) is 1. The third-order valence-electron chi connectivity index (χ3n) is 3.37. The Balaban J connectivity index is 1.94. The second-order valence-corrected chi connectivity index (χ2v) is 5.66. The topological polar surface area (TPSA) is 51.8 Å². The van der Waals surface area contributed by atoms with Gasteiger partial charge in [0.25, 0.3) is 0 Å². The number of pyridine rings is 2. The fourth-order valence-corrected chi connectivity index (χ4v) is 2.88. The van der Waals surface area contributed by atoms with Crippen LogP contribution < -0.4 is 5.73 Å². The molecule has 3 nitrogen and oxygen atoms in total. The molecule has 106 valence electrons. The predicted molar refractivity (Wildman–Crippen MR) is 86.6 cm³/mol. The molecule has 2 aromatic heterocycles. The lowest BCUT2D eigenvalue weighted by atomic mass is 10.00. The van der Waals surface area contributed by atoms with E-state index in [0.717, 1.165) is 16.5 Å². The first-order chi connectivity index (χ1) is 10.1. The van der Waals surface area contributed by atoms with E-state index in [0.29, 0.717) is 22.2 Å². The van der Waals surface area contributed by atoms with Gasteiger partial charge < -0.3 is 5.73 Å². The molecule has 21 heavy (non-hydrogen) atoms. The summed E-state index contributed by atoms with van der Waals surface area (Å²) in [6.07, 6.45) is 3.99. The van der Waals surface area contributed by atoms with Crippen molar-refractivity contribution in [1.29, 1.82) is 0 Å². The molecular weight excluding hydrogens is 305 g/mol. The van der Waals surface area contributed by atoms with Crippen LogP contribution in [0, 0.1) is 0 Å². The van der Waals surface area contributed by atoms with Gasteiger partial charge in [-0.1, -0.05) is 41.4 Å². The highest BCUT2D eigenvalue weighted by atomic mass is 35.5. The maximum atomic E-state index is 6.26. The fraction of sp³-hybridized carbons (Fsp3) is 0.125. The van der Waals surface area contributed by atoms with Crippen LogP contribution in [0.2, 0.25) is 10.0 Å². The van der Waals surface area contributed by atoms with Crippen molar-refractivity contribution < 1.29 is 0 Å². The number of nitrogens with zero attached hydrogens (tertiary/aromatic N) is 2. The smallest absolute Gasteiger partial charge is 0.0761 e. The van der Waals surface area contributed by atoms with Crippen LogP contribution in [0.15, 0.2) is 48.8 Å². The maximum Gasteiger partial charge on any atom is 0.0761 e. The molecule has 2 N–H and O–H groups in total. The first-order valence-corrected chi connectivity index (χ1v) is 7.30. The number of hydrogen-bond acceptors (Lipinski definition) is 3. The quantitative estimate of drug-likeness (QED) is 0.788. The molecule has 0 aliphatic heterocycles.